The van der Waals surface area contributed by atoms with Gasteiger partial charge in [0.25, 0.3) is 12.3 Å². The molecule has 18 heavy (non-hydrogen) atoms. The van der Waals surface area contributed by atoms with E-state index in [4.69, 9.17) is 5.26 Å². The van der Waals surface area contributed by atoms with Crippen LogP contribution in [0.3, 0.4) is 0 Å². The van der Waals surface area contributed by atoms with Crippen LogP contribution in [0.4, 0.5) is 22.0 Å². The summed E-state index contributed by atoms with van der Waals surface area (Å²) in [6.45, 7) is 0. The summed E-state index contributed by atoms with van der Waals surface area (Å²) in [4.78, 5) is 2.85. The minimum Gasteiger partial charge on any atom is -0.503 e. The molecule has 0 spiro atoms. The van der Waals surface area contributed by atoms with Gasteiger partial charge < -0.3 is 9.84 Å². The topological polar surface area (TPSA) is 66.1 Å². The Balaban J connectivity index is 3.27. The lowest BCUT2D eigenvalue weighted by atomic mass is 10.1. The second-order valence-corrected chi connectivity index (χ2v) is 3.04. The van der Waals surface area contributed by atoms with E-state index in [1.54, 1.807) is 0 Å². The van der Waals surface area contributed by atoms with Gasteiger partial charge in [-0.3, -0.25) is 0 Å². The van der Waals surface area contributed by atoms with Crippen LogP contribution in [0.15, 0.2) is 6.07 Å². The predicted molar refractivity (Wildman–Crippen MR) is 46.9 cm³/mol. The second-order valence-electron chi connectivity index (χ2n) is 3.04. The zero-order chi connectivity index (χ0) is 13.9. The highest BCUT2D eigenvalue weighted by Gasteiger charge is 2.34. The molecule has 1 aromatic heterocycles. The summed E-state index contributed by atoms with van der Waals surface area (Å²) in [5.74, 6) is -2.48. The Bertz CT molecular complexity index is 481. The van der Waals surface area contributed by atoms with Gasteiger partial charge >= 0.3 is 6.36 Å². The summed E-state index contributed by atoms with van der Waals surface area (Å²) < 4.78 is 63.9. The number of nitrogens with zero attached hydrogens (tertiary/aromatic N) is 2. The maximum absolute atomic E-state index is 12.4. The Hall–Kier alpha value is -2.11. The first kappa shape index (κ1) is 14.0. The van der Waals surface area contributed by atoms with Crippen molar-refractivity contribution >= 4 is 0 Å². The quantitative estimate of drug-likeness (QED) is 0.856. The highest BCUT2D eigenvalue weighted by Crippen LogP contribution is 2.35. The van der Waals surface area contributed by atoms with Crippen molar-refractivity contribution in [2.24, 2.45) is 0 Å². The average molecular weight is 268 g/mol. The van der Waals surface area contributed by atoms with Gasteiger partial charge in [-0.15, -0.1) is 13.2 Å². The normalized spacial score (nSPS) is 11.4. The fourth-order valence-electron chi connectivity index (χ4n) is 1.10. The molecule has 0 aliphatic carbocycles. The zero-order valence-electron chi connectivity index (χ0n) is 8.50. The Morgan fingerprint density at radius 2 is 2.06 bits per heavy atom. The maximum Gasteiger partial charge on any atom is 0.574 e. The fourth-order valence-corrected chi connectivity index (χ4v) is 1.10. The Morgan fingerprint density at radius 3 is 2.50 bits per heavy atom. The van der Waals surface area contributed by atoms with Gasteiger partial charge in [-0.1, -0.05) is 0 Å². The predicted octanol–water partition coefficient (Wildman–Crippen LogP) is 2.69. The second kappa shape index (κ2) is 5.03. The van der Waals surface area contributed by atoms with Gasteiger partial charge in [-0.05, 0) is 6.07 Å². The Kier molecular flexibility index (Phi) is 3.90. The molecule has 0 bridgehead atoms. The van der Waals surface area contributed by atoms with Crippen LogP contribution in [0.1, 0.15) is 17.7 Å². The van der Waals surface area contributed by atoms with Crippen LogP contribution in [-0.2, 0) is 6.42 Å². The number of rotatable bonds is 3. The first-order valence-corrected chi connectivity index (χ1v) is 4.38. The van der Waals surface area contributed by atoms with Crippen molar-refractivity contribution in [3.8, 4) is 17.7 Å². The third-order valence-corrected chi connectivity index (χ3v) is 1.76. The van der Waals surface area contributed by atoms with E-state index in [2.05, 4.69) is 9.72 Å². The van der Waals surface area contributed by atoms with E-state index in [0.29, 0.717) is 6.07 Å². The molecule has 98 valence electrons. The van der Waals surface area contributed by atoms with Gasteiger partial charge in [0.1, 0.15) is 5.69 Å². The number of pyridine rings is 1. The molecule has 0 unspecified atom stereocenters. The number of aromatic nitrogens is 1. The van der Waals surface area contributed by atoms with Crippen molar-refractivity contribution in [1.29, 1.82) is 5.26 Å². The molecule has 0 saturated carbocycles. The van der Waals surface area contributed by atoms with Crippen molar-refractivity contribution in [2.45, 2.75) is 19.2 Å². The third-order valence-electron chi connectivity index (χ3n) is 1.76. The number of hydrogen-bond acceptors (Lipinski definition) is 4. The summed E-state index contributed by atoms with van der Waals surface area (Å²) >= 11 is 0. The molecule has 0 aromatic carbocycles. The lowest BCUT2D eigenvalue weighted by molar-refractivity contribution is -0.276. The summed E-state index contributed by atoms with van der Waals surface area (Å²) in [5, 5.41) is 17.7. The van der Waals surface area contributed by atoms with Crippen LogP contribution in [0.25, 0.3) is 0 Å². The molecular weight excluding hydrogens is 263 g/mol. The number of hydrogen-bond donors (Lipinski definition) is 1. The molecule has 1 heterocycles. The van der Waals surface area contributed by atoms with E-state index in [0.717, 1.165) is 0 Å². The van der Waals surface area contributed by atoms with E-state index in [9.17, 15) is 27.1 Å². The lowest BCUT2D eigenvalue weighted by Crippen LogP contribution is -2.18. The van der Waals surface area contributed by atoms with Gasteiger partial charge in [0, 0.05) is 5.56 Å². The number of alkyl halides is 5. The summed E-state index contributed by atoms with van der Waals surface area (Å²) in [6.07, 6.45) is -8.89. The molecule has 0 aliphatic rings. The monoisotopic (exact) mass is 268 g/mol. The zero-order valence-corrected chi connectivity index (χ0v) is 8.50. The van der Waals surface area contributed by atoms with Crippen LogP contribution in [0.2, 0.25) is 0 Å². The van der Waals surface area contributed by atoms with E-state index in [-0.39, 0.29) is 0 Å². The van der Waals surface area contributed by atoms with Gasteiger partial charge in [0.2, 0.25) is 0 Å². The number of nitriles is 1. The molecule has 0 aliphatic heterocycles. The minimum atomic E-state index is -5.19. The molecule has 0 saturated heterocycles. The van der Waals surface area contributed by atoms with E-state index >= 15 is 0 Å². The standard InChI is InChI=1S/C9H5F5N2O2/c10-7(11)5-3-4(1-2-15)6(17)8(16-5)18-9(12,13)14/h3,7,17H,1H2. The van der Waals surface area contributed by atoms with E-state index in [1.807, 2.05) is 0 Å². The van der Waals surface area contributed by atoms with Crippen molar-refractivity contribution in [3.63, 3.8) is 0 Å². The lowest BCUT2D eigenvalue weighted by Gasteiger charge is -2.12. The van der Waals surface area contributed by atoms with Crippen molar-refractivity contribution < 1.29 is 31.8 Å². The molecule has 1 N–H and O–H groups in total. The molecule has 0 radical (unpaired) electrons. The van der Waals surface area contributed by atoms with Crippen LogP contribution in [0.5, 0.6) is 11.6 Å². The van der Waals surface area contributed by atoms with Crippen molar-refractivity contribution in [2.75, 3.05) is 0 Å². The molecular formula is C9H5F5N2O2. The minimum absolute atomic E-state index is 0.415. The highest BCUT2D eigenvalue weighted by atomic mass is 19.4. The maximum atomic E-state index is 12.4. The number of halogens is 5. The number of aromatic hydroxyl groups is 1. The van der Waals surface area contributed by atoms with Crippen molar-refractivity contribution in [3.05, 3.63) is 17.3 Å². The molecule has 0 fully saturated rings. The van der Waals surface area contributed by atoms with Gasteiger partial charge in [-0.25, -0.2) is 13.8 Å². The van der Waals surface area contributed by atoms with Gasteiger partial charge in [0.15, 0.2) is 5.75 Å². The van der Waals surface area contributed by atoms with Crippen LogP contribution < -0.4 is 4.74 Å². The fraction of sp³-hybridized carbons (Fsp3) is 0.333. The Morgan fingerprint density at radius 1 is 1.44 bits per heavy atom. The summed E-state index contributed by atoms with van der Waals surface area (Å²) in [6, 6.07) is 2.16. The molecule has 1 rings (SSSR count). The summed E-state index contributed by atoms with van der Waals surface area (Å²) in [7, 11) is 0. The summed E-state index contributed by atoms with van der Waals surface area (Å²) in [5.41, 5.74) is -1.43. The molecule has 0 amide bonds. The van der Waals surface area contributed by atoms with Crippen LogP contribution >= 0.6 is 0 Å². The first-order valence-electron chi connectivity index (χ1n) is 4.38. The molecule has 0 atom stereocenters. The van der Waals surface area contributed by atoms with Crippen LogP contribution in [-0.4, -0.2) is 16.5 Å². The largest absolute Gasteiger partial charge is 0.574 e. The molecule has 1 aromatic rings. The molecule has 9 heteroatoms. The first-order chi connectivity index (χ1) is 8.24. The smallest absolute Gasteiger partial charge is 0.503 e. The SMILES string of the molecule is N#CCc1cc(C(F)F)nc(OC(F)(F)F)c1O. The van der Waals surface area contributed by atoms with E-state index < -0.39 is 42.1 Å². The highest BCUT2D eigenvalue weighted by molar-refractivity contribution is 5.43. The van der Waals surface area contributed by atoms with E-state index in [1.165, 1.54) is 6.07 Å². The Labute approximate surface area is 97.2 Å². The van der Waals surface area contributed by atoms with Gasteiger partial charge in [-0.2, -0.15) is 5.26 Å². The number of ether oxygens (including phenoxy) is 1. The average Bonchev–Trinajstić information content (AvgIpc) is 2.21. The van der Waals surface area contributed by atoms with Gasteiger partial charge in [0.05, 0.1) is 12.5 Å². The third kappa shape index (κ3) is 3.44. The molecule has 4 nitrogen and oxygen atoms in total. The van der Waals surface area contributed by atoms with Crippen LogP contribution in [0, 0.1) is 11.3 Å². The van der Waals surface area contributed by atoms with Crippen molar-refractivity contribution in [1.82, 2.24) is 4.98 Å².